The maximum Gasteiger partial charge on any atom is 0.509 e. The van der Waals surface area contributed by atoms with Gasteiger partial charge in [0.1, 0.15) is 40.6 Å². The van der Waals surface area contributed by atoms with Crippen molar-refractivity contribution in [2.24, 2.45) is 0 Å². The summed E-state index contributed by atoms with van der Waals surface area (Å²) in [7, 11) is 0. The molecule has 0 saturated heterocycles. The predicted molar refractivity (Wildman–Crippen MR) is 159 cm³/mol. The highest BCUT2D eigenvalue weighted by Gasteiger charge is 2.35. The lowest BCUT2D eigenvalue weighted by atomic mass is 10.1. The fourth-order valence-corrected chi connectivity index (χ4v) is 5.40. The monoisotopic (exact) mass is 651 g/mol. The smallest absolute Gasteiger partial charge is 0.429 e. The van der Waals surface area contributed by atoms with E-state index in [0.717, 1.165) is 6.20 Å². The molecule has 1 aliphatic heterocycles. The molecule has 0 aliphatic carbocycles. The number of hydrogen-bond acceptors (Lipinski definition) is 7. The average Bonchev–Trinajstić information content (AvgIpc) is 3.63. The second-order valence-electron chi connectivity index (χ2n) is 12.1. The number of rotatable bonds is 7. The van der Waals surface area contributed by atoms with Crippen LogP contribution in [0.4, 0.5) is 28.2 Å². The van der Waals surface area contributed by atoms with E-state index in [9.17, 15) is 18.0 Å². The van der Waals surface area contributed by atoms with E-state index in [2.05, 4.69) is 10.1 Å². The van der Waals surface area contributed by atoms with Gasteiger partial charge in [0.2, 0.25) is 0 Å². The van der Waals surface area contributed by atoms with Gasteiger partial charge in [-0.3, -0.25) is 4.68 Å². The van der Waals surface area contributed by atoms with E-state index in [1.165, 1.54) is 16.7 Å². The molecule has 45 heavy (non-hydrogen) atoms. The highest BCUT2D eigenvalue weighted by molar-refractivity contribution is 6.32. The summed E-state index contributed by atoms with van der Waals surface area (Å²) in [6, 6.07) is 6.16. The number of carbonyl (C=O) groups is 1. The molecule has 0 fully saturated rings. The van der Waals surface area contributed by atoms with E-state index in [0.29, 0.717) is 27.8 Å². The molecule has 0 amide bonds. The van der Waals surface area contributed by atoms with E-state index in [1.807, 2.05) is 24.8 Å². The van der Waals surface area contributed by atoms with Crippen LogP contribution in [0.2, 0.25) is 5.02 Å². The van der Waals surface area contributed by atoms with Gasteiger partial charge in [0, 0.05) is 31.4 Å². The molecule has 0 radical (unpaired) electrons. The molecule has 15 heteroatoms. The van der Waals surface area contributed by atoms with Gasteiger partial charge in [-0.05, 0) is 59.2 Å². The third-order valence-electron chi connectivity index (χ3n) is 7.07. The number of imidazole rings is 1. The summed E-state index contributed by atoms with van der Waals surface area (Å²) in [4.78, 5) is 18.1. The van der Waals surface area contributed by atoms with Gasteiger partial charge in [0.05, 0.1) is 29.9 Å². The molecule has 4 heterocycles. The van der Waals surface area contributed by atoms with E-state index in [1.54, 1.807) is 49.3 Å². The van der Waals surface area contributed by atoms with Crippen molar-refractivity contribution in [1.82, 2.24) is 29.1 Å². The van der Waals surface area contributed by atoms with Crippen molar-refractivity contribution in [3.8, 4) is 22.8 Å². The Hall–Kier alpha value is -4.07. The molecule has 242 valence electrons. The Balaban J connectivity index is 1.48. The molecule has 0 saturated carbocycles. The Labute approximate surface area is 262 Å². The number of fused-ring (bicyclic) bond motifs is 1. The third-order valence-corrected chi connectivity index (χ3v) is 7.35. The molecule has 0 bridgehead atoms. The minimum Gasteiger partial charge on any atom is -0.429 e. The largest absolute Gasteiger partial charge is 0.509 e. The first kappa shape index (κ1) is 32.3. The fourth-order valence-electron chi connectivity index (χ4n) is 5.17. The number of hydrogen-bond donors (Lipinski definition) is 0. The van der Waals surface area contributed by atoms with Gasteiger partial charge < -0.3 is 18.9 Å². The Morgan fingerprint density at radius 1 is 1.16 bits per heavy atom. The van der Waals surface area contributed by atoms with Crippen molar-refractivity contribution < 1.29 is 31.8 Å². The van der Waals surface area contributed by atoms with Crippen LogP contribution in [0, 0.1) is 5.82 Å². The molecule has 4 aromatic rings. The lowest BCUT2D eigenvalue weighted by Crippen LogP contribution is -2.44. The van der Waals surface area contributed by atoms with Gasteiger partial charge in [-0.25, -0.2) is 18.9 Å². The zero-order chi connectivity index (χ0) is 32.8. The summed E-state index contributed by atoms with van der Waals surface area (Å²) in [5, 5.41) is 9.54. The number of ether oxygens (including phenoxy) is 2. The Morgan fingerprint density at radius 3 is 2.51 bits per heavy atom. The third kappa shape index (κ3) is 6.95. The number of benzene rings is 1. The van der Waals surface area contributed by atoms with E-state index >= 15 is 4.39 Å². The first-order valence-electron chi connectivity index (χ1n) is 14.4. The van der Waals surface area contributed by atoms with E-state index in [-0.39, 0.29) is 43.6 Å². The first-order valence-corrected chi connectivity index (χ1v) is 14.8. The average molecular weight is 652 g/mol. The quantitative estimate of drug-likeness (QED) is 0.152. The molecular weight excluding hydrogens is 618 g/mol. The zero-order valence-electron chi connectivity index (χ0n) is 25.7. The summed E-state index contributed by atoms with van der Waals surface area (Å²) in [6.07, 6.45) is -3.72. The van der Waals surface area contributed by atoms with Crippen molar-refractivity contribution in [3.63, 3.8) is 0 Å². The first-order chi connectivity index (χ1) is 21.0. The second kappa shape index (κ2) is 12.0. The highest BCUT2D eigenvalue weighted by Crippen LogP contribution is 2.35. The van der Waals surface area contributed by atoms with Crippen LogP contribution < -0.4 is 4.90 Å². The minimum atomic E-state index is -4.66. The van der Waals surface area contributed by atoms with Crippen molar-refractivity contribution in [3.05, 3.63) is 58.8 Å². The lowest BCUT2D eigenvalue weighted by molar-refractivity contribution is -0.140. The van der Waals surface area contributed by atoms with Crippen LogP contribution in [0.25, 0.3) is 22.8 Å². The maximum atomic E-state index is 15.5. The standard InChI is InChI=1S/C30H34ClF4N7O3/c1-7-39-16-24(30(33,34)35)37-27(39)20-9-8-18(10-22(20)32)13-40-14-19(44-28(43)45-29(4,5)6)15-41-25(40)11-23(38-41)26-21(31)12-36-42(26)17(2)3/h8-12,16-17,19H,7,13-15H2,1-6H3. The molecule has 1 aromatic carbocycles. The van der Waals surface area contributed by atoms with Crippen LogP contribution in [0.5, 0.6) is 0 Å². The number of aryl methyl sites for hydroxylation is 1. The van der Waals surface area contributed by atoms with Crippen molar-refractivity contribution in [2.75, 3.05) is 11.4 Å². The topological polar surface area (TPSA) is 92.2 Å². The molecule has 0 N–H and O–H groups in total. The highest BCUT2D eigenvalue weighted by atomic mass is 35.5. The van der Waals surface area contributed by atoms with Crippen molar-refractivity contribution in [1.29, 1.82) is 0 Å². The number of halogens is 5. The number of alkyl halides is 3. The fraction of sp³-hybridized carbons (Fsp3) is 0.467. The van der Waals surface area contributed by atoms with Crippen LogP contribution in [0.3, 0.4) is 0 Å². The Morgan fingerprint density at radius 2 is 1.89 bits per heavy atom. The minimum absolute atomic E-state index is 0.00239. The van der Waals surface area contributed by atoms with Crippen molar-refractivity contribution in [2.45, 2.75) is 85.1 Å². The van der Waals surface area contributed by atoms with Gasteiger partial charge in [0.15, 0.2) is 5.69 Å². The SMILES string of the molecule is CCn1cc(C(F)(F)F)nc1-c1ccc(CN2CC(OC(=O)OC(C)(C)C)Cn3nc(-c4c(Cl)cnn4C(C)C)cc32)cc1F. The molecule has 1 unspecified atom stereocenters. The van der Waals surface area contributed by atoms with Gasteiger partial charge in [-0.2, -0.15) is 23.4 Å². The number of carbonyl (C=O) groups excluding carboxylic acids is 1. The summed E-state index contributed by atoms with van der Waals surface area (Å²) in [6.45, 7) is 11.6. The van der Waals surface area contributed by atoms with E-state index in [4.69, 9.17) is 26.2 Å². The summed E-state index contributed by atoms with van der Waals surface area (Å²) in [5.74, 6) is -0.164. The lowest BCUT2D eigenvalue weighted by Gasteiger charge is -2.34. The predicted octanol–water partition coefficient (Wildman–Crippen LogP) is 7.36. The molecular formula is C30H34ClF4N7O3. The molecule has 0 spiro atoms. The second-order valence-corrected chi connectivity index (χ2v) is 12.5. The van der Waals surface area contributed by atoms with Crippen LogP contribution in [0.15, 0.2) is 36.7 Å². The molecule has 3 aromatic heterocycles. The van der Waals surface area contributed by atoms with Gasteiger partial charge in [-0.15, -0.1) is 0 Å². The van der Waals surface area contributed by atoms with E-state index < -0.39 is 35.5 Å². The molecule has 10 nitrogen and oxygen atoms in total. The normalized spacial score (nSPS) is 15.5. The van der Waals surface area contributed by atoms with Crippen LogP contribution in [-0.4, -0.2) is 53.5 Å². The molecule has 1 aliphatic rings. The number of aromatic nitrogens is 6. The van der Waals surface area contributed by atoms with Gasteiger partial charge >= 0.3 is 12.3 Å². The molecule has 5 rings (SSSR count). The number of anilines is 1. The van der Waals surface area contributed by atoms with Crippen LogP contribution in [-0.2, 0) is 35.3 Å². The van der Waals surface area contributed by atoms with Crippen molar-refractivity contribution >= 4 is 23.6 Å². The summed E-state index contributed by atoms with van der Waals surface area (Å²) in [5.41, 5.74) is -0.191. The summed E-state index contributed by atoms with van der Waals surface area (Å²) >= 11 is 6.50. The van der Waals surface area contributed by atoms with Crippen LogP contribution >= 0.6 is 11.6 Å². The van der Waals surface area contributed by atoms with Gasteiger partial charge in [-0.1, -0.05) is 17.7 Å². The summed E-state index contributed by atoms with van der Waals surface area (Å²) < 4.78 is 71.1. The Kier molecular flexibility index (Phi) is 8.64. The van der Waals surface area contributed by atoms with Crippen LogP contribution in [0.1, 0.15) is 58.8 Å². The van der Waals surface area contributed by atoms with Gasteiger partial charge in [0.25, 0.3) is 0 Å². The molecule has 1 atom stereocenters. The zero-order valence-corrected chi connectivity index (χ0v) is 26.4. The Bertz CT molecular complexity index is 1700. The maximum absolute atomic E-state index is 15.5. The number of nitrogens with zero attached hydrogens (tertiary/aromatic N) is 7.